The van der Waals surface area contributed by atoms with Gasteiger partial charge >= 0.3 is 5.97 Å². The molecule has 0 unspecified atom stereocenters. The lowest BCUT2D eigenvalue weighted by Gasteiger charge is -2.08. The van der Waals surface area contributed by atoms with Crippen LogP contribution in [0.3, 0.4) is 0 Å². The number of carbonyl (C=O) groups is 3. The fraction of sp³-hybridized carbons (Fsp3) is 0.0769. The topological polar surface area (TPSA) is 154 Å². The maximum atomic E-state index is 12.9. The fourth-order valence-corrected chi connectivity index (χ4v) is 3.90. The molecule has 178 valence electrons. The Balaban J connectivity index is 1.34. The third kappa shape index (κ3) is 4.41. The van der Waals surface area contributed by atoms with Gasteiger partial charge < -0.3 is 30.2 Å². The largest absolute Gasteiger partial charge is 0.478 e. The summed E-state index contributed by atoms with van der Waals surface area (Å²) >= 11 is 0. The van der Waals surface area contributed by atoms with Crippen LogP contribution in [0.15, 0.2) is 60.7 Å². The lowest BCUT2D eigenvalue weighted by Crippen LogP contribution is -2.16. The molecule has 5 rings (SSSR count). The number of nitrogens with zero attached hydrogens (tertiary/aromatic N) is 1. The van der Waals surface area contributed by atoms with E-state index in [0.717, 1.165) is 5.56 Å². The summed E-state index contributed by atoms with van der Waals surface area (Å²) in [6, 6.07) is 18.0. The highest BCUT2D eigenvalue weighted by Gasteiger charge is 2.18. The summed E-state index contributed by atoms with van der Waals surface area (Å²) in [5, 5.41) is 24.5. The van der Waals surface area contributed by atoms with Crippen LogP contribution in [0, 0.1) is 11.3 Å². The number of nitriles is 1. The van der Waals surface area contributed by atoms with Crippen molar-refractivity contribution in [3.05, 3.63) is 83.0 Å². The molecular formula is C26H18N4O6. The molecule has 1 aromatic heterocycles. The average molecular weight is 482 g/mol. The van der Waals surface area contributed by atoms with E-state index < -0.39 is 11.9 Å². The van der Waals surface area contributed by atoms with Gasteiger partial charge in [-0.3, -0.25) is 9.59 Å². The highest BCUT2D eigenvalue weighted by Crippen LogP contribution is 2.33. The van der Waals surface area contributed by atoms with Crippen molar-refractivity contribution in [1.29, 1.82) is 5.26 Å². The minimum Gasteiger partial charge on any atom is -0.478 e. The van der Waals surface area contributed by atoms with Gasteiger partial charge in [-0.1, -0.05) is 18.2 Å². The number of anilines is 2. The number of hydrogen-bond donors (Lipinski definition) is 4. The van der Waals surface area contributed by atoms with Crippen LogP contribution in [0.4, 0.5) is 11.4 Å². The lowest BCUT2D eigenvalue weighted by molar-refractivity contribution is -0.115. The van der Waals surface area contributed by atoms with Crippen molar-refractivity contribution in [3.8, 4) is 17.6 Å². The summed E-state index contributed by atoms with van der Waals surface area (Å²) in [6.45, 7) is 0.151. The molecule has 0 saturated carbocycles. The Labute approximate surface area is 204 Å². The van der Waals surface area contributed by atoms with Crippen molar-refractivity contribution in [2.75, 3.05) is 17.4 Å². The molecule has 0 radical (unpaired) electrons. The lowest BCUT2D eigenvalue weighted by atomic mass is 10.1. The first-order valence-electron chi connectivity index (χ1n) is 10.8. The van der Waals surface area contributed by atoms with E-state index in [1.165, 1.54) is 18.2 Å². The second-order valence-corrected chi connectivity index (χ2v) is 8.00. The Bertz CT molecular complexity index is 1580. The summed E-state index contributed by atoms with van der Waals surface area (Å²) in [5.41, 5.74) is 1.98. The number of amides is 2. The van der Waals surface area contributed by atoms with Crippen molar-refractivity contribution in [1.82, 2.24) is 4.98 Å². The number of rotatable bonds is 6. The minimum atomic E-state index is -1.27. The number of aromatic nitrogens is 1. The molecule has 3 aromatic carbocycles. The van der Waals surface area contributed by atoms with Gasteiger partial charge in [0.05, 0.1) is 40.5 Å². The number of H-pyrrole nitrogens is 1. The second kappa shape index (κ2) is 9.15. The number of carboxylic acid groups (broad SMARTS) is 1. The van der Waals surface area contributed by atoms with Crippen molar-refractivity contribution >= 4 is 40.1 Å². The van der Waals surface area contributed by atoms with E-state index in [1.807, 2.05) is 6.07 Å². The summed E-state index contributed by atoms with van der Waals surface area (Å²) in [6.07, 6.45) is 0.109. The van der Waals surface area contributed by atoms with E-state index in [9.17, 15) is 19.5 Å². The second-order valence-electron chi connectivity index (χ2n) is 8.00. The van der Waals surface area contributed by atoms with Crippen LogP contribution < -0.4 is 20.1 Å². The van der Waals surface area contributed by atoms with Gasteiger partial charge in [-0.25, -0.2) is 4.79 Å². The molecule has 0 saturated heterocycles. The molecular weight excluding hydrogens is 464 g/mol. The van der Waals surface area contributed by atoms with E-state index >= 15 is 0 Å². The van der Waals surface area contributed by atoms with Crippen LogP contribution in [-0.4, -0.2) is 34.7 Å². The molecule has 0 atom stereocenters. The van der Waals surface area contributed by atoms with Crippen molar-refractivity contribution in [3.63, 3.8) is 0 Å². The molecule has 10 heteroatoms. The van der Waals surface area contributed by atoms with Gasteiger partial charge in [0.25, 0.3) is 5.91 Å². The minimum absolute atomic E-state index is 0.0578. The van der Waals surface area contributed by atoms with Gasteiger partial charge in [-0.2, -0.15) is 5.26 Å². The summed E-state index contributed by atoms with van der Waals surface area (Å²) in [4.78, 5) is 40.1. The van der Waals surface area contributed by atoms with Crippen LogP contribution in [0.5, 0.6) is 11.5 Å². The summed E-state index contributed by atoms with van der Waals surface area (Å²) in [5.74, 6) is -0.874. The number of nitrogens with one attached hydrogen (secondary N) is 3. The summed E-state index contributed by atoms with van der Waals surface area (Å²) < 4.78 is 10.6. The Kier molecular flexibility index (Phi) is 5.72. The molecule has 1 aliphatic heterocycles. The molecule has 4 N–H and O–H groups in total. The van der Waals surface area contributed by atoms with E-state index in [-0.39, 0.29) is 41.6 Å². The third-order valence-electron chi connectivity index (χ3n) is 5.60. The maximum Gasteiger partial charge on any atom is 0.337 e. The predicted molar refractivity (Wildman–Crippen MR) is 129 cm³/mol. The maximum absolute atomic E-state index is 12.9. The number of carboxylic acids is 1. The third-order valence-corrected chi connectivity index (χ3v) is 5.60. The molecule has 0 fully saturated rings. The highest BCUT2D eigenvalue weighted by atomic mass is 16.7. The van der Waals surface area contributed by atoms with Gasteiger partial charge in [0.2, 0.25) is 12.7 Å². The van der Waals surface area contributed by atoms with Crippen LogP contribution in [0.2, 0.25) is 0 Å². The number of hydrogen-bond acceptors (Lipinski definition) is 6. The standard InChI is InChI=1S/C26H18N4O6/c27-12-15-4-6-18(17(8-15)26(33)34)30-25(32)20-11-16-2-1-3-19(24(16)29-20)28-23(31)10-14-5-7-21-22(9-14)36-13-35-21/h1-9,11,29H,10,13H2,(H,28,31)(H,30,32)(H,33,34). The molecule has 0 spiro atoms. The van der Waals surface area contributed by atoms with Crippen molar-refractivity contribution in [2.45, 2.75) is 6.42 Å². The number of para-hydroxylation sites is 1. The van der Waals surface area contributed by atoms with Gasteiger partial charge in [-0.05, 0) is 48.0 Å². The zero-order valence-corrected chi connectivity index (χ0v) is 18.6. The van der Waals surface area contributed by atoms with Gasteiger partial charge in [0.15, 0.2) is 11.5 Å². The molecule has 36 heavy (non-hydrogen) atoms. The monoisotopic (exact) mass is 482 g/mol. The van der Waals surface area contributed by atoms with Gasteiger partial charge in [0, 0.05) is 5.39 Å². The average Bonchev–Trinajstić information content (AvgIpc) is 3.51. The van der Waals surface area contributed by atoms with Gasteiger partial charge in [-0.15, -0.1) is 0 Å². The normalized spacial score (nSPS) is 11.6. The molecule has 4 aromatic rings. The number of aromatic amines is 1. The van der Waals surface area contributed by atoms with E-state index in [4.69, 9.17) is 14.7 Å². The molecule has 0 aliphatic carbocycles. The number of benzene rings is 3. The van der Waals surface area contributed by atoms with Crippen LogP contribution in [-0.2, 0) is 11.2 Å². The Morgan fingerprint density at radius 2 is 1.81 bits per heavy atom. The number of carbonyl (C=O) groups excluding carboxylic acids is 2. The Morgan fingerprint density at radius 3 is 2.61 bits per heavy atom. The Hall–Kier alpha value is -5.30. The molecule has 2 heterocycles. The highest BCUT2D eigenvalue weighted by molar-refractivity contribution is 6.10. The number of fused-ring (bicyclic) bond motifs is 2. The SMILES string of the molecule is N#Cc1ccc(NC(=O)c2cc3cccc(NC(=O)Cc4ccc5c(c4)OCO5)c3[nH]2)c(C(=O)O)c1. The predicted octanol–water partition coefficient (Wildman–Crippen LogP) is 3.90. The molecule has 0 bridgehead atoms. The van der Waals surface area contributed by atoms with Crippen molar-refractivity contribution in [2.24, 2.45) is 0 Å². The first-order chi connectivity index (χ1) is 17.4. The number of aromatic carboxylic acids is 1. The quantitative estimate of drug-likeness (QED) is 0.325. The Morgan fingerprint density at radius 1 is 0.972 bits per heavy atom. The van der Waals surface area contributed by atoms with Crippen LogP contribution in [0.1, 0.15) is 32.0 Å². The first-order valence-corrected chi connectivity index (χ1v) is 10.8. The zero-order chi connectivity index (χ0) is 25.2. The number of ether oxygens (including phenoxy) is 2. The van der Waals surface area contributed by atoms with E-state index in [1.54, 1.807) is 42.5 Å². The van der Waals surface area contributed by atoms with Crippen LogP contribution in [0.25, 0.3) is 10.9 Å². The zero-order valence-electron chi connectivity index (χ0n) is 18.6. The van der Waals surface area contributed by atoms with Gasteiger partial charge in [0.1, 0.15) is 5.69 Å². The van der Waals surface area contributed by atoms with Crippen molar-refractivity contribution < 1.29 is 29.0 Å². The van der Waals surface area contributed by atoms with E-state index in [2.05, 4.69) is 15.6 Å². The first kappa shape index (κ1) is 22.5. The molecule has 10 nitrogen and oxygen atoms in total. The molecule has 1 aliphatic rings. The molecule has 2 amide bonds. The smallest absolute Gasteiger partial charge is 0.337 e. The summed E-state index contributed by atoms with van der Waals surface area (Å²) in [7, 11) is 0. The van der Waals surface area contributed by atoms with E-state index in [0.29, 0.717) is 28.1 Å². The fourth-order valence-electron chi connectivity index (χ4n) is 3.90. The van der Waals surface area contributed by atoms with Crippen LogP contribution >= 0.6 is 0 Å².